The number of nitrogens with zero attached hydrogens (tertiary/aromatic N) is 1. The lowest BCUT2D eigenvalue weighted by Crippen LogP contribution is -2.25. The van der Waals surface area contributed by atoms with E-state index in [9.17, 15) is 0 Å². The number of likely N-dealkylation sites (N-methyl/N-ethyl adjacent to an activating group) is 1. The van der Waals surface area contributed by atoms with Gasteiger partial charge in [0.15, 0.2) is 0 Å². The molecule has 0 amide bonds. The van der Waals surface area contributed by atoms with Crippen molar-refractivity contribution >= 4 is 0 Å². The molecule has 1 N–H and O–H groups in total. The third-order valence-corrected chi connectivity index (χ3v) is 2.99. The minimum Gasteiger partial charge on any atom is -0.492 e. The molecule has 1 aromatic carbocycles. The second-order valence-electron chi connectivity index (χ2n) is 4.76. The topological polar surface area (TPSA) is 24.5 Å². The number of hydrogen-bond acceptors (Lipinski definition) is 3. The van der Waals surface area contributed by atoms with Crippen LogP contribution in [0.15, 0.2) is 36.9 Å². The quantitative estimate of drug-likeness (QED) is 0.518. The van der Waals surface area contributed by atoms with Gasteiger partial charge in [0.1, 0.15) is 12.4 Å². The first-order chi connectivity index (χ1) is 9.26. The van der Waals surface area contributed by atoms with E-state index in [1.807, 2.05) is 25.3 Å². The van der Waals surface area contributed by atoms with Crippen LogP contribution in [0.3, 0.4) is 0 Å². The van der Waals surface area contributed by atoms with Gasteiger partial charge in [0.2, 0.25) is 0 Å². The minimum atomic E-state index is 0.732. The lowest BCUT2D eigenvalue weighted by molar-refractivity contribution is 0.236. The number of allylic oxidation sites excluding steroid dienone is 1. The summed E-state index contributed by atoms with van der Waals surface area (Å²) in [5.74, 6) is 0.944. The third kappa shape index (κ3) is 6.99. The molecule has 0 bridgehead atoms. The maximum atomic E-state index is 5.73. The summed E-state index contributed by atoms with van der Waals surface area (Å²) in [6.07, 6.45) is 4.22. The summed E-state index contributed by atoms with van der Waals surface area (Å²) in [7, 11) is 4.08. The Morgan fingerprint density at radius 2 is 2.00 bits per heavy atom. The summed E-state index contributed by atoms with van der Waals surface area (Å²) in [5.41, 5.74) is 1.27. The van der Waals surface area contributed by atoms with E-state index in [0.29, 0.717) is 0 Å². The molecule has 1 aromatic rings. The molecule has 106 valence electrons. The Morgan fingerprint density at radius 1 is 1.26 bits per heavy atom. The van der Waals surface area contributed by atoms with Crippen molar-refractivity contribution < 1.29 is 4.74 Å². The number of hydrogen-bond donors (Lipinski definition) is 1. The lowest BCUT2D eigenvalue weighted by atomic mass is 10.2. The van der Waals surface area contributed by atoms with Crippen LogP contribution >= 0.6 is 0 Å². The fraction of sp³-hybridized carbons (Fsp3) is 0.500. The van der Waals surface area contributed by atoms with Crippen LogP contribution < -0.4 is 10.1 Å². The standard InChI is InChI=1S/C16H26N2O/c1-4-5-6-11-18(3)12-13-19-16-9-7-15(8-10-16)14-17-2/h4,7-10,17H,1,5-6,11-14H2,2-3H3. The third-order valence-electron chi connectivity index (χ3n) is 2.99. The Bertz CT molecular complexity index is 348. The molecule has 0 saturated carbocycles. The second-order valence-corrected chi connectivity index (χ2v) is 4.76. The molecule has 0 aliphatic rings. The van der Waals surface area contributed by atoms with Crippen molar-refractivity contribution in [3.63, 3.8) is 0 Å². The van der Waals surface area contributed by atoms with Crippen LogP contribution in [0.25, 0.3) is 0 Å². The molecule has 0 heterocycles. The molecule has 0 fully saturated rings. The Balaban J connectivity index is 2.19. The van der Waals surface area contributed by atoms with Gasteiger partial charge in [-0.1, -0.05) is 18.2 Å². The van der Waals surface area contributed by atoms with Gasteiger partial charge in [0.05, 0.1) is 0 Å². The normalized spacial score (nSPS) is 10.7. The lowest BCUT2D eigenvalue weighted by Gasteiger charge is -2.16. The van der Waals surface area contributed by atoms with Crippen molar-refractivity contribution in [2.75, 3.05) is 33.8 Å². The highest BCUT2D eigenvalue weighted by Gasteiger charge is 1.99. The van der Waals surface area contributed by atoms with Crippen molar-refractivity contribution in [3.05, 3.63) is 42.5 Å². The zero-order valence-corrected chi connectivity index (χ0v) is 12.2. The first kappa shape index (κ1) is 15.7. The fourth-order valence-corrected chi connectivity index (χ4v) is 1.84. The van der Waals surface area contributed by atoms with Crippen molar-refractivity contribution in [1.82, 2.24) is 10.2 Å². The van der Waals surface area contributed by atoms with Gasteiger partial charge in [-0.05, 0) is 51.2 Å². The van der Waals surface area contributed by atoms with E-state index in [1.54, 1.807) is 0 Å². The van der Waals surface area contributed by atoms with Gasteiger partial charge >= 0.3 is 0 Å². The number of nitrogens with one attached hydrogen (secondary N) is 1. The maximum absolute atomic E-state index is 5.73. The molecule has 0 unspecified atom stereocenters. The first-order valence-electron chi connectivity index (χ1n) is 6.92. The Morgan fingerprint density at radius 3 is 2.63 bits per heavy atom. The highest BCUT2D eigenvalue weighted by atomic mass is 16.5. The Kier molecular flexibility index (Phi) is 7.94. The van der Waals surface area contributed by atoms with Crippen molar-refractivity contribution in [2.45, 2.75) is 19.4 Å². The molecule has 3 heteroatoms. The summed E-state index contributed by atoms with van der Waals surface area (Å²) in [5, 5.41) is 3.13. The molecule has 0 saturated heterocycles. The number of benzene rings is 1. The van der Waals surface area contributed by atoms with Crippen LogP contribution in [-0.2, 0) is 6.54 Å². The van der Waals surface area contributed by atoms with Crippen LogP contribution in [0, 0.1) is 0 Å². The monoisotopic (exact) mass is 262 g/mol. The van der Waals surface area contributed by atoms with Crippen LogP contribution in [0.5, 0.6) is 5.75 Å². The van der Waals surface area contributed by atoms with Gasteiger partial charge in [-0.2, -0.15) is 0 Å². The van der Waals surface area contributed by atoms with Crippen LogP contribution in [0.4, 0.5) is 0 Å². The molecule has 0 radical (unpaired) electrons. The molecule has 0 aliphatic heterocycles. The summed E-state index contributed by atoms with van der Waals surface area (Å²) >= 11 is 0. The van der Waals surface area contributed by atoms with Gasteiger partial charge < -0.3 is 15.0 Å². The van der Waals surface area contributed by atoms with E-state index < -0.39 is 0 Å². The summed E-state index contributed by atoms with van der Waals surface area (Å²) < 4.78 is 5.73. The van der Waals surface area contributed by atoms with Crippen LogP contribution in [0.1, 0.15) is 18.4 Å². The highest BCUT2D eigenvalue weighted by molar-refractivity contribution is 5.27. The molecular weight excluding hydrogens is 236 g/mol. The molecule has 0 atom stereocenters. The number of unbranched alkanes of at least 4 members (excludes halogenated alkanes) is 1. The molecular formula is C16H26N2O. The van der Waals surface area contributed by atoms with E-state index in [0.717, 1.165) is 38.4 Å². The Hall–Kier alpha value is -1.32. The van der Waals surface area contributed by atoms with E-state index in [1.165, 1.54) is 12.0 Å². The van der Waals surface area contributed by atoms with E-state index in [2.05, 4.69) is 36.0 Å². The molecule has 1 rings (SSSR count). The molecule has 0 spiro atoms. The zero-order chi connectivity index (χ0) is 13.9. The highest BCUT2D eigenvalue weighted by Crippen LogP contribution is 2.11. The molecule has 0 aliphatic carbocycles. The number of ether oxygens (including phenoxy) is 1. The van der Waals surface area contributed by atoms with Crippen LogP contribution in [0.2, 0.25) is 0 Å². The second kappa shape index (κ2) is 9.59. The average molecular weight is 262 g/mol. The average Bonchev–Trinajstić information content (AvgIpc) is 2.41. The summed E-state index contributed by atoms with van der Waals surface area (Å²) in [4.78, 5) is 2.29. The Labute approximate surface area is 117 Å². The first-order valence-corrected chi connectivity index (χ1v) is 6.92. The van der Waals surface area contributed by atoms with Gasteiger partial charge in [0, 0.05) is 13.1 Å². The SMILES string of the molecule is C=CCCCN(C)CCOc1ccc(CNC)cc1. The predicted molar refractivity (Wildman–Crippen MR) is 81.6 cm³/mol. The predicted octanol–water partition coefficient (Wildman–Crippen LogP) is 2.68. The maximum Gasteiger partial charge on any atom is 0.119 e. The zero-order valence-electron chi connectivity index (χ0n) is 12.2. The van der Waals surface area contributed by atoms with Gasteiger partial charge in [0.25, 0.3) is 0 Å². The minimum absolute atomic E-state index is 0.732. The molecule has 3 nitrogen and oxygen atoms in total. The van der Waals surface area contributed by atoms with Crippen molar-refractivity contribution in [3.8, 4) is 5.75 Å². The number of rotatable bonds is 10. The van der Waals surface area contributed by atoms with E-state index in [-0.39, 0.29) is 0 Å². The van der Waals surface area contributed by atoms with Crippen LogP contribution in [-0.4, -0.2) is 38.7 Å². The summed E-state index contributed by atoms with van der Waals surface area (Å²) in [6, 6.07) is 8.26. The van der Waals surface area contributed by atoms with Gasteiger partial charge in [-0.15, -0.1) is 6.58 Å². The van der Waals surface area contributed by atoms with Gasteiger partial charge in [-0.25, -0.2) is 0 Å². The molecule has 19 heavy (non-hydrogen) atoms. The smallest absolute Gasteiger partial charge is 0.119 e. The van der Waals surface area contributed by atoms with Crippen molar-refractivity contribution in [1.29, 1.82) is 0 Å². The fourth-order valence-electron chi connectivity index (χ4n) is 1.84. The van der Waals surface area contributed by atoms with Gasteiger partial charge in [-0.3, -0.25) is 0 Å². The van der Waals surface area contributed by atoms with Crippen molar-refractivity contribution in [2.24, 2.45) is 0 Å². The largest absolute Gasteiger partial charge is 0.492 e. The summed E-state index contributed by atoms with van der Waals surface area (Å²) in [6.45, 7) is 7.41. The van der Waals surface area contributed by atoms with E-state index >= 15 is 0 Å². The molecule has 0 aromatic heterocycles. The van der Waals surface area contributed by atoms with E-state index in [4.69, 9.17) is 4.74 Å².